The van der Waals surface area contributed by atoms with E-state index >= 15 is 0 Å². The summed E-state index contributed by atoms with van der Waals surface area (Å²) in [4.78, 5) is 16.5. The van der Waals surface area contributed by atoms with Gasteiger partial charge in [0.05, 0.1) is 30.5 Å². The van der Waals surface area contributed by atoms with E-state index in [2.05, 4.69) is 21.9 Å². The average molecular weight is 378 g/mol. The second kappa shape index (κ2) is 7.68. The largest absolute Gasteiger partial charge is 0.496 e. The number of nitrogens with zero attached hydrogens (tertiary/aromatic N) is 3. The van der Waals surface area contributed by atoms with Crippen molar-refractivity contribution >= 4 is 0 Å². The van der Waals surface area contributed by atoms with Crippen LogP contribution in [0.4, 0.5) is 4.39 Å². The van der Waals surface area contributed by atoms with Crippen LogP contribution in [0.5, 0.6) is 11.6 Å². The molecule has 3 rings (SSSR count). The molecule has 2 aromatic heterocycles. The third kappa shape index (κ3) is 3.44. The Labute approximate surface area is 159 Å². The summed E-state index contributed by atoms with van der Waals surface area (Å²) >= 11 is 0. The number of pyridine rings is 1. The molecule has 0 saturated carbocycles. The molecule has 0 saturated heterocycles. The number of aromatic nitrogens is 3. The first-order valence-electron chi connectivity index (χ1n) is 8.16. The van der Waals surface area contributed by atoms with E-state index in [1.54, 1.807) is 19.1 Å². The van der Waals surface area contributed by atoms with Gasteiger partial charge in [-0.25, -0.2) is 9.07 Å². The molecular weight excluding hydrogens is 363 g/mol. The zero-order valence-corrected chi connectivity index (χ0v) is 15.1. The number of benzene rings is 1. The first-order chi connectivity index (χ1) is 13.5. The first-order valence-corrected chi connectivity index (χ1v) is 8.16. The number of halogens is 1. The van der Waals surface area contributed by atoms with E-state index in [9.17, 15) is 14.3 Å². The van der Waals surface area contributed by atoms with Crippen molar-refractivity contribution in [2.24, 2.45) is 0 Å². The normalized spacial score (nSPS) is 10.1. The van der Waals surface area contributed by atoms with Gasteiger partial charge >= 0.3 is 0 Å². The Hall–Kier alpha value is -4.04. The molecule has 0 fully saturated rings. The summed E-state index contributed by atoms with van der Waals surface area (Å²) in [6, 6.07) is 7.78. The maximum atomic E-state index is 14.7. The molecule has 28 heavy (non-hydrogen) atoms. The summed E-state index contributed by atoms with van der Waals surface area (Å²) < 4.78 is 21.1. The van der Waals surface area contributed by atoms with Gasteiger partial charge in [-0.15, -0.1) is 5.92 Å². The molecule has 3 aromatic rings. The summed E-state index contributed by atoms with van der Waals surface area (Å²) in [5.41, 5.74) is 0.175. The Bertz CT molecular complexity index is 1190. The van der Waals surface area contributed by atoms with Gasteiger partial charge in [0, 0.05) is 11.8 Å². The number of ether oxygens (including phenoxy) is 1. The third-order valence-electron chi connectivity index (χ3n) is 4.01. The van der Waals surface area contributed by atoms with E-state index in [4.69, 9.17) is 10.00 Å². The van der Waals surface area contributed by atoms with Gasteiger partial charge in [-0.3, -0.25) is 14.9 Å². The van der Waals surface area contributed by atoms with Crippen LogP contribution >= 0.6 is 0 Å². The summed E-state index contributed by atoms with van der Waals surface area (Å²) in [6.07, 6.45) is 1.38. The Morgan fingerprint density at radius 2 is 2.11 bits per heavy atom. The Morgan fingerprint density at radius 3 is 2.71 bits per heavy atom. The van der Waals surface area contributed by atoms with Crippen LogP contribution in [0.2, 0.25) is 0 Å². The van der Waals surface area contributed by atoms with Crippen molar-refractivity contribution in [1.82, 2.24) is 14.8 Å². The predicted molar refractivity (Wildman–Crippen MR) is 99.3 cm³/mol. The lowest BCUT2D eigenvalue weighted by molar-refractivity contribution is 0.404. The zero-order chi connectivity index (χ0) is 20.3. The fraction of sp³-hybridized carbons (Fsp3) is 0.150. The second-order valence-corrected chi connectivity index (χ2v) is 5.79. The first kappa shape index (κ1) is 18.7. The van der Waals surface area contributed by atoms with Crippen molar-refractivity contribution in [3.63, 3.8) is 0 Å². The van der Waals surface area contributed by atoms with Crippen LogP contribution in [0.3, 0.4) is 0 Å². The second-order valence-electron chi connectivity index (χ2n) is 5.79. The van der Waals surface area contributed by atoms with E-state index in [0.29, 0.717) is 16.8 Å². The SMILES string of the molecule is CC#Cc1cc(F)c(-c2c(O)n(Cc3ccc(C#N)cn3)[nH]c2=O)c(OC)c1. The molecular formula is C20H15FN4O3. The van der Waals surface area contributed by atoms with Crippen LogP contribution in [0.1, 0.15) is 23.7 Å². The molecule has 0 spiro atoms. The van der Waals surface area contributed by atoms with Crippen molar-refractivity contribution in [3.8, 4) is 40.7 Å². The van der Waals surface area contributed by atoms with Crippen LogP contribution in [-0.4, -0.2) is 27.0 Å². The molecule has 0 bridgehead atoms. The van der Waals surface area contributed by atoms with Crippen molar-refractivity contribution in [1.29, 1.82) is 5.26 Å². The topological polar surface area (TPSA) is 104 Å². The van der Waals surface area contributed by atoms with Crippen molar-refractivity contribution in [3.05, 3.63) is 63.5 Å². The Balaban J connectivity index is 2.08. The van der Waals surface area contributed by atoms with Crippen molar-refractivity contribution in [2.75, 3.05) is 7.11 Å². The number of aromatic amines is 1. The van der Waals surface area contributed by atoms with Gasteiger partial charge in [0.1, 0.15) is 23.2 Å². The highest BCUT2D eigenvalue weighted by Crippen LogP contribution is 2.36. The minimum atomic E-state index is -0.743. The Morgan fingerprint density at radius 1 is 1.32 bits per heavy atom. The van der Waals surface area contributed by atoms with E-state index in [1.165, 1.54) is 25.4 Å². The minimum Gasteiger partial charge on any atom is -0.496 e. The highest BCUT2D eigenvalue weighted by molar-refractivity contribution is 5.75. The number of hydrogen-bond donors (Lipinski definition) is 2. The fourth-order valence-corrected chi connectivity index (χ4v) is 2.76. The highest BCUT2D eigenvalue weighted by atomic mass is 19.1. The summed E-state index contributed by atoms with van der Waals surface area (Å²) in [5.74, 6) is 4.26. The van der Waals surface area contributed by atoms with Gasteiger partial charge in [0.2, 0.25) is 5.88 Å². The van der Waals surface area contributed by atoms with Crippen LogP contribution in [-0.2, 0) is 6.54 Å². The van der Waals surface area contributed by atoms with Crippen LogP contribution < -0.4 is 10.3 Å². The van der Waals surface area contributed by atoms with Crippen LogP contribution in [0.25, 0.3) is 11.1 Å². The number of nitriles is 1. The summed E-state index contributed by atoms with van der Waals surface area (Å²) in [5, 5.41) is 21.8. The van der Waals surface area contributed by atoms with E-state index in [1.807, 2.05) is 6.07 Å². The van der Waals surface area contributed by atoms with E-state index in [0.717, 1.165) is 4.68 Å². The number of H-pyrrole nitrogens is 1. The fourth-order valence-electron chi connectivity index (χ4n) is 2.76. The molecule has 7 nitrogen and oxygen atoms in total. The van der Waals surface area contributed by atoms with Crippen molar-refractivity contribution < 1.29 is 14.2 Å². The quantitative estimate of drug-likeness (QED) is 0.679. The molecule has 0 amide bonds. The van der Waals surface area contributed by atoms with Gasteiger partial charge in [-0.2, -0.15) is 5.26 Å². The smallest absolute Gasteiger partial charge is 0.276 e. The number of nitrogens with one attached hydrogen (secondary N) is 1. The molecule has 140 valence electrons. The molecule has 0 aliphatic carbocycles. The van der Waals surface area contributed by atoms with Crippen LogP contribution in [0.15, 0.2) is 35.3 Å². The lowest BCUT2D eigenvalue weighted by Crippen LogP contribution is -2.09. The number of aromatic hydroxyl groups is 1. The van der Waals surface area contributed by atoms with Gasteiger partial charge < -0.3 is 9.84 Å². The van der Waals surface area contributed by atoms with Gasteiger partial charge in [-0.05, 0) is 31.2 Å². The Kier molecular flexibility index (Phi) is 5.14. The molecule has 0 aliphatic rings. The lowest BCUT2D eigenvalue weighted by atomic mass is 10.0. The van der Waals surface area contributed by atoms with Gasteiger partial charge in [0.25, 0.3) is 5.56 Å². The van der Waals surface area contributed by atoms with Gasteiger partial charge in [0.15, 0.2) is 0 Å². The van der Waals surface area contributed by atoms with Crippen LogP contribution in [0, 0.1) is 29.0 Å². The molecule has 0 radical (unpaired) electrons. The molecule has 2 heterocycles. The predicted octanol–water partition coefficient (Wildman–Crippen LogP) is 2.38. The molecule has 8 heteroatoms. The molecule has 0 atom stereocenters. The maximum Gasteiger partial charge on any atom is 0.276 e. The van der Waals surface area contributed by atoms with E-state index in [-0.39, 0.29) is 23.4 Å². The third-order valence-corrected chi connectivity index (χ3v) is 4.01. The lowest BCUT2D eigenvalue weighted by Gasteiger charge is -2.10. The summed E-state index contributed by atoms with van der Waals surface area (Å²) in [7, 11) is 1.34. The monoisotopic (exact) mass is 378 g/mol. The molecule has 2 N–H and O–H groups in total. The average Bonchev–Trinajstić information content (AvgIpc) is 2.95. The molecule has 0 unspecified atom stereocenters. The maximum absolute atomic E-state index is 14.7. The van der Waals surface area contributed by atoms with E-state index < -0.39 is 17.3 Å². The highest BCUT2D eigenvalue weighted by Gasteiger charge is 2.24. The minimum absolute atomic E-state index is 0.0239. The molecule has 0 aliphatic heterocycles. The molecule has 1 aromatic carbocycles. The number of methoxy groups -OCH3 is 1. The zero-order valence-electron chi connectivity index (χ0n) is 15.1. The van der Waals surface area contributed by atoms with Gasteiger partial charge in [-0.1, -0.05) is 5.92 Å². The van der Waals surface area contributed by atoms with Crippen molar-refractivity contribution in [2.45, 2.75) is 13.5 Å². The standard InChI is InChI=1S/C20H15FN4O3/c1-3-4-12-7-15(21)17(16(8-12)28-2)18-19(26)24-25(20(18)27)11-14-6-5-13(9-22)10-23-14/h5-8,10,27H,11H2,1-2H3,(H,24,26). The summed E-state index contributed by atoms with van der Waals surface area (Å²) in [6.45, 7) is 1.64. The number of rotatable bonds is 4. The number of hydrogen-bond acceptors (Lipinski definition) is 5.